The molecule has 29 heavy (non-hydrogen) atoms. The highest BCUT2D eigenvalue weighted by Crippen LogP contribution is 2.31. The van der Waals surface area contributed by atoms with Gasteiger partial charge < -0.3 is 4.74 Å². The first kappa shape index (κ1) is 17.7. The summed E-state index contributed by atoms with van der Waals surface area (Å²) in [4.78, 5) is 9.01. The lowest BCUT2D eigenvalue weighted by Gasteiger charge is -2.12. The minimum absolute atomic E-state index is 0.186. The number of halogens is 1. The molecule has 4 heterocycles. The molecule has 1 aliphatic rings. The maximum absolute atomic E-state index is 14.5. The molecule has 0 saturated heterocycles. The summed E-state index contributed by atoms with van der Waals surface area (Å²) in [7, 11) is 0. The average molecular weight is 389 g/mol. The highest BCUT2D eigenvalue weighted by Gasteiger charge is 2.20. The number of nitrogens with zero attached hydrogens (tertiary/aromatic N) is 5. The largest absolute Gasteiger partial charge is 0.493 e. The van der Waals surface area contributed by atoms with Crippen molar-refractivity contribution in [2.75, 3.05) is 6.61 Å². The molecule has 0 N–H and O–H groups in total. The average Bonchev–Trinajstić information content (AvgIpc) is 3.39. The molecular weight excluding hydrogens is 369 g/mol. The molecule has 3 aromatic heterocycles. The van der Waals surface area contributed by atoms with Crippen LogP contribution in [0.3, 0.4) is 0 Å². The summed E-state index contributed by atoms with van der Waals surface area (Å²) < 4.78 is 21.9. The van der Waals surface area contributed by atoms with Crippen molar-refractivity contribution in [1.82, 2.24) is 24.6 Å². The van der Waals surface area contributed by atoms with Gasteiger partial charge in [-0.1, -0.05) is 0 Å². The van der Waals surface area contributed by atoms with E-state index < -0.39 is 0 Å². The fraction of sp³-hybridized carbons (Fsp3) is 0.273. The fourth-order valence-corrected chi connectivity index (χ4v) is 3.98. The zero-order valence-electron chi connectivity index (χ0n) is 16.3. The third kappa shape index (κ3) is 3.03. The highest BCUT2D eigenvalue weighted by atomic mass is 19.1. The molecule has 0 radical (unpaired) electrons. The summed E-state index contributed by atoms with van der Waals surface area (Å²) in [5.74, 6) is 1.41. The van der Waals surface area contributed by atoms with Crippen LogP contribution in [0.1, 0.15) is 28.2 Å². The molecule has 0 aliphatic carbocycles. The SMILES string of the molecule is Cc1cc(-c2cnc(CCc3c(F)ccc4c3CCO4)n3cnnc23)c(C)cn1. The number of benzene rings is 1. The smallest absolute Gasteiger partial charge is 0.171 e. The molecule has 7 heteroatoms. The molecule has 0 bridgehead atoms. The summed E-state index contributed by atoms with van der Waals surface area (Å²) in [6, 6.07) is 5.23. The second-order valence-corrected chi connectivity index (χ2v) is 7.35. The fourth-order valence-electron chi connectivity index (χ4n) is 3.98. The van der Waals surface area contributed by atoms with E-state index in [2.05, 4.69) is 20.2 Å². The predicted octanol–water partition coefficient (Wildman–Crippen LogP) is 3.66. The van der Waals surface area contributed by atoms with Crippen LogP contribution >= 0.6 is 0 Å². The minimum Gasteiger partial charge on any atom is -0.493 e. The van der Waals surface area contributed by atoms with Crippen LogP contribution in [-0.2, 0) is 19.3 Å². The van der Waals surface area contributed by atoms with Crippen molar-refractivity contribution < 1.29 is 9.13 Å². The zero-order valence-corrected chi connectivity index (χ0v) is 16.3. The van der Waals surface area contributed by atoms with E-state index in [-0.39, 0.29) is 5.82 Å². The van der Waals surface area contributed by atoms with Gasteiger partial charge in [-0.05, 0) is 55.2 Å². The molecule has 4 aromatic rings. The first-order valence-corrected chi connectivity index (χ1v) is 9.66. The van der Waals surface area contributed by atoms with Crippen molar-refractivity contribution in [2.45, 2.75) is 33.1 Å². The van der Waals surface area contributed by atoms with Crippen LogP contribution in [0.4, 0.5) is 4.39 Å². The first-order chi connectivity index (χ1) is 14.1. The van der Waals surface area contributed by atoms with E-state index in [0.29, 0.717) is 25.0 Å². The monoisotopic (exact) mass is 389 g/mol. The number of rotatable bonds is 4. The van der Waals surface area contributed by atoms with Crippen molar-refractivity contribution in [2.24, 2.45) is 0 Å². The lowest BCUT2D eigenvalue weighted by atomic mass is 9.99. The quantitative estimate of drug-likeness (QED) is 0.533. The molecule has 6 nitrogen and oxygen atoms in total. The maximum Gasteiger partial charge on any atom is 0.171 e. The van der Waals surface area contributed by atoms with Gasteiger partial charge in [0.2, 0.25) is 0 Å². The standard InChI is InChI=1S/C22H20FN5O/c1-13-10-24-14(2)9-17(13)18-11-25-21(28-12-26-27-22(18)28)6-3-15-16-7-8-29-20(16)5-4-19(15)23/h4-5,9-12H,3,6-8H2,1-2H3. The number of ether oxygens (including phenoxy) is 1. The summed E-state index contributed by atoms with van der Waals surface area (Å²) in [6.07, 6.45) is 7.22. The minimum atomic E-state index is -0.186. The molecule has 0 spiro atoms. The molecule has 1 aliphatic heterocycles. The van der Waals surface area contributed by atoms with Gasteiger partial charge in [-0.25, -0.2) is 9.37 Å². The van der Waals surface area contributed by atoms with E-state index in [1.54, 1.807) is 12.4 Å². The zero-order chi connectivity index (χ0) is 20.0. The second kappa shape index (κ2) is 6.92. The van der Waals surface area contributed by atoms with Gasteiger partial charge in [-0.2, -0.15) is 0 Å². The number of hydrogen-bond acceptors (Lipinski definition) is 5. The molecule has 146 valence electrons. The molecule has 0 atom stereocenters. The Morgan fingerprint density at radius 2 is 2.00 bits per heavy atom. The van der Waals surface area contributed by atoms with Crippen molar-refractivity contribution in [1.29, 1.82) is 0 Å². The van der Waals surface area contributed by atoms with Crippen molar-refractivity contribution in [3.05, 3.63) is 70.9 Å². The van der Waals surface area contributed by atoms with E-state index in [0.717, 1.165) is 51.6 Å². The molecule has 0 amide bonds. The van der Waals surface area contributed by atoms with Gasteiger partial charge in [0.25, 0.3) is 0 Å². The Kier molecular flexibility index (Phi) is 4.23. The molecule has 0 saturated carbocycles. The Labute approximate surface area is 167 Å². The van der Waals surface area contributed by atoms with Crippen molar-refractivity contribution in [3.8, 4) is 16.9 Å². The highest BCUT2D eigenvalue weighted by molar-refractivity contribution is 5.78. The Balaban J connectivity index is 1.51. The molecule has 1 aromatic carbocycles. The number of fused-ring (bicyclic) bond motifs is 2. The Bertz CT molecular complexity index is 1230. The lowest BCUT2D eigenvalue weighted by Crippen LogP contribution is -2.06. The van der Waals surface area contributed by atoms with Gasteiger partial charge in [-0.3, -0.25) is 9.38 Å². The van der Waals surface area contributed by atoms with Crippen LogP contribution < -0.4 is 4.74 Å². The summed E-state index contributed by atoms with van der Waals surface area (Å²) >= 11 is 0. The van der Waals surface area contributed by atoms with Crippen molar-refractivity contribution in [3.63, 3.8) is 0 Å². The maximum atomic E-state index is 14.5. The van der Waals surface area contributed by atoms with Crippen LogP contribution in [0.5, 0.6) is 5.75 Å². The van der Waals surface area contributed by atoms with Crippen LogP contribution in [0, 0.1) is 19.7 Å². The van der Waals surface area contributed by atoms with Gasteiger partial charge in [0, 0.05) is 42.1 Å². The van der Waals surface area contributed by atoms with Crippen LogP contribution in [-0.4, -0.2) is 31.2 Å². The number of pyridine rings is 1. The summed E-state index contributed by atoms with van der Waals surface area (Å²) in [5.41, 5.74) is 6.37. The topological polar surface area (TPSA) is 65.2 Å². The third-order valence-corrected chi connectivity index (χ3v) is 5.48. The Morgan fingerprint density at radius 3 is 2.90 bits per heavy atom. The van der Waals surface area contributed by atoms with E-state index >= 15 is 0 Å². The molecule has 0 fully saturated rings. The van der Waals surface area contributed by atoms with E-state index in [1.807, 2.05) is 36.7 Å². The molecule has 5 rings (SSSR count). The van der Waals surface area contributed by atoms with E-state index in [4.69, 9.17) is 4.74 Å². The van der Waals surface area contributed by atoms with E-state index in [1.165, 1.54) is 6.07 Å². The van der Waals surface area contributed by atoms with Gasteiger partial charge in [0.15, 0.2) is 5.65 Å². The normalized spacial score (nSPS) is 12.9. The predicted molar refractivity (Wildman–Crippen MR) is 106 cm³/mol. The summed E-state index contributed by atoms with van der Waals surface area (Å²) in [6.45, 7) is 4.59. The lowest BCUT2D eigenvalue weighted by molar-refractivity contribution is 0.356. The van der Waals surface area contributed by atoms with Gasteiger partial charge >= 0.3 is 0 Å². The van der Waals surface area contributed by atoms with Crippen molar-refractivity contribution >= 4 is 5.65 Å². The van der Waals surface area contributed by atoms with Gasteiger partial charge in [-0.15, -0.1) is 10.2 Å². The van der Waals surface area contributed by atoms with Gasteiger partial charge in [0.1, 0.15) is 23.7 Å². The second-order valence-electron chi connectivity index (χ2n) is 7.35. The summed E-state index contributed by atoms with van der Waals surface area (Å²) in [5, 5.41) is 8.41. The molecular formula is C22H20FN5O. The number of aryl methyl sites for hydroxylation is 3. The Morgan fingerprint density at radius 1 is 1.10 bits per heavy atom. The number of hydrogen-bond donors (Lipinski definition) is 0. The van der Waals surface area contributed by atoms with E-state index in [9.17, 15) is 4.39 Å². The third-order valence-electron chi connectivity index (χ3n) is 5.48. The van der Waals surface area contributed by atoms with Crippen LogP contribution in [0.25, 0.3) is 16.8 Å². The number of aromatic nitrogens is 5. The molecule has 0 unspecified atom stereocenters. The Hall–Kier alpha value is -3.35. The van der Waals surface area contributed by atoms with Gasteiger partial charge in [0.05, 0.1) is 6.61 Å². The van der Waals surface area contributed by atoms with Crippen LogP contribution in [0.2, 0.25) is 0 Å². The first-order valence-electron chi connectivity index (χ1n) is 9.66. The van der Waals surface area contributed by atoms with Crippen LogP contribution in [0.15, 0.2) is 36.9 Å².